The number of carboxylic acids is 1. The summed E-state index contributed by atoms with van der Waals surface area (Å²) < 4.78 is 15.8. The molecule has 2 aromatic rings. The first kappa shape index (κ1) is 20.0. The van der Waals surface area contributed by atoms with Gasteiger partial charge < -0.3 is 30.0 Å². The number of amides is 1. The molecule has 0 aliphatic heterocycles. The van der Waals surface area contributed by atoms with Gasteiger partial charge in [0.25, 0.3) is 0 Å². The second kappa shape index (κ2) is 7.94. The molecule has 0 radical (unpaired) electrons. The number of carbonyl (C=O) groups excluding carboxylic acids is 1. The minimum Gasteiger partial charge on any atom is -0.489 e. The van der Waals surface area contributed by atoms with Crippen molar-refractivity contribution in [2.75, 3.05) is 12.3 Å². The van der Waals surface area contributed by atoms with Gasteiger partial charge >= 0.3 is 12.1 Å². The maximum absolute atomic E-state index is 11.8. The molecule has 10 heteroatoms. The summed E-state index contributed by atoms with van der Waals surface area (Å²) in [5.41, 5.74) is 6.04. The predicted molar refractivity (Wildman–Crippen MR) is 95.2 cm³/mol. The zero-order valence-corrected chi connectivity index (χ0v) is 15.5. The molecule has 0 aliphatic carbocycles. The van der Waals surface area contributed by atoms with E-state index in [1.54, 1.807) is 45.9 Å². The lowest BCUT2D eigenvalue weighted by atomic mass is 10.2. The van der Waals surface area contributed by atoms with Crippen molar-refractivity contribution in [1.82, 2.24) is 15.5 Å². The lowest BCUT2D eigenvalue weighted by Gasteiger charge is -2.22. The summed E-state index contributed by atoms with van der Waals surface area (Å²) in [5.74, 6) is -0.285. The van der Waals surface area contributed by atoms with E-state index in [2.05, 4.69) is 15.5 Å². The molecule has 0 unspecified atom stereocenters. The molecule has 1 atom stereocenters. The van der Waals surface area contributed by atoms with E-state index in [1.807, 2.05) is 0 Å². The van der Waals surface area contributed by atoms with Gasteiger partial charge in [-0.15, -0.1) is 10.2 Å². The first-order chi connectivity index (χ1) is 12.5. The lowest BCUT2D eigenvalue weighted by Crippen LogP contribution is -2.46. The molecule has 0 spiro atoms. The number of ether oxygens (including phenoxy) is 2. The van der Waals surface area contributed by atoms with Crippen LogP contribution in [0, 0.1) is 6.92 Å². The first-order valence-corrected chi connectivity index (χ1v) is 8.10. The number of hydrogen-bond donors (Lipinski definition) is 3. The fourth-order valence-electron chi connectivity index (χ4n) is 2.02. The third-order valence-corrected chi connectivity index (χ3v) is 3.18. The highest BCUT2D eigenvalue weighted by molar-refractivity contribution is 5.80. The number of nitrogens with zero attached hydrogens (tertiary/aromatic N) is 2. The van der Waals surface area contributed by atoms with Gasteiger partial charge in [-0.05, 0) is 39.0 Å². The van der Waals surface area contributed by atoms with Crippen molar-refractivity contribution in [2.24, 2.45) is 0 Å². The van der Waals surface area contributed by atoms with Crippen LogP contribution in [0.25, 0.3) is 11.5 Å². The Balaban J connectivity index is 2.02. The predicted octanol–water partition coefficient (Wildman–Crippen LogP) is 1.98. The summed E-state index contributed by atoms with van der Waals surface area (Å²) in [6.07, 6.45) is -0.853. The summed E-state index contributed by atoms with van der Waals surface area (Å²) in [5, 5.41) is 19.1. The number of aryl methyl sites for hydroxylation is 1. The number of benzene rings is 1. The van der Waals surface area contributed by atoms with Crippen LogP contribution in [-0.4, -0.2) is 45.6 Å². The topological polar surface area (TPSA) is 150 Å². The largest absolute Gasteiger partial charge is 0.489 e. The van der Waals surface area contributed by atoms with Crippen molar-refractivity contribution in [2.45, 2.75) is 39.3 Å². The SMILES string of the molecule is Cc1nnc(-c2ccc(OC[C@H](NC(=O)OC(C)(C)C)C(=O)O)c(N)c2)o1. The third kappa shape index (κ3) is 5.87. The Morgan fingerprint density at radius 1 is 1.33 bits per heavy atom. The average Bonchev–Trinajstić information content (AvgIpc) is 2.96. The van der Waals surface area contributed by atoms with E-state index >= 15 is 0 Å². The Labute approximate surface area is 155 Å². The van der Waals surface area contributed by atoms with Crippen molar-refractivity contribution in [3.05, 3.63) is 24.1 Å². The van der Waals surface area contributed by atoms with E-state index in [1.165, 1.54) is 0 Å². The molecule has 1 aromatic heterocycles. The van der Waals surface area contributed by atoms with E-state index in [0.29, 0.717) is 17.3 Å². The van der Waals surface area contributed by atoms with Crippen LogP contribution >= 0.6 is 0 Å². The summed E-state index contributed by atoms with van der Waals surface area (Å²) in [4.78, 5) is 23.1. The van der Waals surface area contributed by atoms with Gasteiger partial charge in [0.05, 0.1) is 5.69 Å². The zero-order valence-electron chi connectivity index (χ0n) is 15.5. The monoisotopic (exact) mass is 378 g/mol. The Bertz CT molecular complexity index is 827. The van der Waals surface area contributed by atoms with Crippen LogP contribution in [0.2, 0.25) is 0 Å². The second-order valence-corrected chi connectivity index (χ2v) is 6.73. The minimum atomic E-state index is -1.31. The average molecular weight is 378 g/mol. The van der Waals surface area contributed by atoms with Crippen LogP contribution in [0.15, 0.2) is 22.6 Å². The molecule has 1 heterocycles. The Morgan fingerprint density at radius 2 is 2.04 bits per heavy atom. The number of rotatable bonds is 6. The Kier molecular flexibility index (Phi) is 5.88. The molecule has 10 nitrogen and oxygen atoms in total. The summed E-state index contributed by atoms with van der Waals surface area (Å²) >= 11 is 0. The van der Waals surface area contributed by atoms with Crippen LogP contribution in [0.4, 0.5) is 10.5 Å². The normalized spacial score (nSPS) is 12.3. The fourth-order valence-corrected chi connectivity index (χ4v) is 2.02. The number of aliphatic carboxylic acids is 1. The molecule has 1 aromatic carbocycles. The van der Waals surface area contributed by atoms with E-state index in [-0.39, 0.29) is 18.0 Å². The minimum absolute atomic E-state index is 0.254. The van der Waals surface area contributed by atoms with Crippen molar-refractivity contribution < 1.29 is 28.6 Å². The number of hydrogen-bond acceptors (Lipinski definition) is 8. The zero-order chi connectivity index (χ0) is 20.2. The molecule has 146 valence electrons. The number of alkyl carbamates (subject to hydrolysis) is 1. The van der Waals surface area contributed by atoms with Crippen LogP contribution < -0.4 is 15.8 Å². The maximum Gasteiger partial charge on any atom is 0.408 e. The maximum atomic E-state index is 11.8. The summed E-state index contributed by atoms with van der Waals surface area (Å²) in [7, 11) is 0. The van der Waals surface area contributed by atoms with Gasteiger partial charge in [-0.25, -0.2) is 9.59 Å². The standard InChI is InChI=1S/C17H22N4O6/c1-9-20-21-14(26-9)10-5-6-13(11(18)7-10)25-8-12(15(22)23)19-16(24)27-17(2,3)4/h5-7,12H,8,18H2,1-4H3,(H,19,24)(H,22,23)/t12-/m0/s1. The highest BCUT2D eigenvalue weighted by Crippen LogP contribution is 2.28. The van der Waals surface area contributed by atoms with Crippen LogP contribution in [0.1, 0.15) is 26.7 Å². The third-order valence-electron chi connectivity index (χ3n) is 3.18. The molecule has 0 fully saturated rings. The van der Waals surface area contributed by atoms with Gasteiger partial charge in [0.2, 0.25) is 11.8 Å². The highest BCUT2D eigenvalue weighted by Gasteiger charge is 2.25. The smallest absolute Gasteiger partial charge is 0.408 e. The van der Waals surface area contributed by atoms with E-state index in [4.69, 9.17) is 19.6 Å². The second-order valence-electron chi connectivity index (χ2n) is 6.73. The van der Waals surface area contributed by atoms with Crippen molar-refractivity contribution >= 4 is 17.7 Å². The molecule has 27 heavy (non-hydrogen) atoms. The summed E-state index contributed by atoms with van der Waals surface area (Å²) in [6, 6.07) is 3.46. The summed E-state index contributed by atoms with van der Waals surface area (Å²) in [6.45, 7) is 6.35. The highest BCUT2D eigenvalue weighted by atomic mass is 16.6. The molecule has 0 aliphatic rings. The first-order valence-electron chi connectivity index (χ1n) is 8.10. The number of nitrogen functional groups attached to an aromatic ring is 1. The van der Waals surface area contributed by atoms with E-state index in [0.717, 1.165) is 0 Å². The van der Waals surface area contributed by atoms with Crippen molar-refractivity contribution in [3.63, 3.8) is 0 Å². The van der Waals surface area contributed by atoms with E-state index < -0.39 is 23.7 Å². The molecule has 4 N–H and O–H groups in total. The van der Waals surface area contributed by atoms with Crippen molar-refractivity contribution in [3.8, 4) is 17.2 Å². The van der Waals surface area contributed by atoms with Crippen molar-refractivity contribution in [1.29, 1.82) is 0 Å². The van der Waals surface area contributed by atoms with Gasteiger partial charge in [0.15, 0.2) is 6.04 Å². The van der Waals surface area contributed by atoms with Gasteiger partial charge in [0, 0.05) is 12.5 Å². The number of carbonyl (C=O) groups is 2. The molecular formula is C17H22N4O6. The number of nitrogens with two attached hydrogens (primary N) is 1. The van der Waals surface area contributed by atoms with Crippen LogP contribution in [0.5, 0.6) is 5.75 Å². The fraction of sp³-hybridized carbons (Fsp3) is 0.412. The quantitative estimate of drug-likeness (QED) is 0.641. The molecule has 2 rings (SSSR count). The Morgan fingerprint density at radius 3 is 2.56 bits per heavy atom. The number of nitrogens with one attached hydrogen (secondary N) is 1. The van der Waals surface area contributed by atoms with Crippen LogP contribution in [0.3, 0.4) is 0 Å². The van der Waals surface area contributed by atoms with Gasteiger partial charge in [-0.1, -0.05) is 0 Å². The Hall–Kier alpha value is -3.30. The number of carboxylic acid groups (broad SMARTS) is 1. The molecule has 1 amide bonds. The molecular weight excluding hydrogens is 356 g/mol. The van der Waals surface area contributed by atoms with Gasteiger partial charge in [-0.2, -0.15) is 0 Å². The van der Waals surface area contributed by atoms with Gasteiger partial charge in [0.1, 0.15) is 18.0 Å². The number of anilines is 1. The lowest BCUT2D eigenvalue weighted by molar-refractivity contribution is -0.140. The van der Waals surface area contributed by atoms with E-state index in [9.17, 15) is 14.7 Å². The molecule has 0 saturated heterocycles. The number of aromatic nitrogens is 2. The molecule has 0 saturated carbocycles. The molecule has 0 bridgehead atoms. The van der Waals surface area contributed by atoms with Gasteiger partial charge in [-0.3, -0.25) is 0 Å². The van der Waals surface area contributed by atoms with Crippen LogP contribution in [-0.2, 0) is 9.53 Å².